The van der Waals surface area contributed by atoms with Gasteiger partial charge in [-0.3, -0.25) is 9.59 Å². The Morgan fingerprint density at radius 2 is 1.72 bits per heavy atom. The molecular formula is C23H28ClN3O4S. The zero-order valence-electron chi connectivity index (χ0n) is 18.0. The molecule has 1 saturated heterocycles. The smallest absolute Gasteiger partial charge is 0.309 e. The fraction of sp³-hybridized carbons (Fsp3) is 0.391. The van der Waals surface area contributed by atoms with Gasteiger partial charge in [0.15, 0.2) is 0 Å². The third kappa shape index (κ3) is 6.09. The Balaban J connectivity index is 1.53. The van der Waals surface area contributed by atoms with E-state index in [1.165, 1.54) is 16.4 Å². The number of hydrogen-bond donors (Lipinski definition) is 2. The number of aryl methyl sites for hydroxylation is 1. The van der Waals surface area contributed by atoms with Crippen LogP contribution in [0.2, 0.25) is 5.02 Å². The molecule has 9 heteroatoms. The second-order valence-electron chi connectivity index (χ2n) is 7.87. The van der Waals surface area contributed by atoms with Gasteiger partial charge in [0, 0.05) is 30.7 Å². The first-order valence-corrected chi connectivity index (χ1v) is 12.5. The molecule has 0 bridgehead atoms. The number of amides is 2. The molecular weight excluding hydrogens is 450 g/mol. The summed E-state index contributed by atoms with van der Waals surface area (Å²) in [5.74, 6) is -1.43. The van der Waals surface area contributed by atoms with Crippen LogP contribution in [-0.4, -0.2) is 43.7 Å². The number of carbonyl (C=O) groups excluding carboxylic acids is 2. The number of benzene rings is 2. The van der Waals surface area contributed by atoms with Crippen LogP contribution in [0.15, 0.2) is 53.4 Å². The quantitative estimate of drug-likeness (QED) is 0.599. The molecule has 0 radical (unpaired) electrons. The molecule has 0 spiro atoms. The van der Waals surface area contributed by atoms with Crippen molar-refractivity contribution in [3.8, 4) is 0 Å². The summed E-state index contributed by atoms with van der Waals surface area (Å²) in [6.07, 6.45) is 2.85. The Labute approximate surface area is 194 Å². The van der Waals surface area contributed by atoms with E-state index in [-0.39, 0.29) is 24.0 Å². The standard InChI is InChI=1S/C23H28ClN3O4S/c1-17-6-2-3-7-18(17)16-26-23(29)22(28)25-14-13-20-8-4-5-15-27(20)32(30,31)21-11-9-19(24)10-12-21/h2-3,6-7,9-12,20H,4-5,8,13-16H2,1H3,(H,25,28)(H,26,29)/t20-/m1/s1. The van der Waals surface area contributed by atoms with Gasteiger partial charge >= 0.3 is 11.8 Å². The van der Waals surface area contributed by atoms with Crippen molar-refractivity contribution in [3.05, 3.63) is 64.7 Å². The van der Waals surface area contributed by atoms with E-state index in [1.54, 1.807) is 12.1 Å². The number of carbonyl (C=O) groups is 2. The first-order chi connectivity index (χ1) is 15.3. The Morgan fingerprint density at radius 1 is 1.03 bits per heavy atom. The maximum absolute atomic E-state index is 13.1. The molecule has 1 aliphatic heterocycles. The summed E-state index contributed by atoms with van der Waals surface area (Å²) in [4.78, 5) is 24.5. The molecule has 2 N–H and O–H groups in total. The lowest BCUT2D eigenvalue weighted by atomic mass is 10.0. The number of nitrogens with zero attached hydrogens (tertiary/aromatic N) is 1. The maximum Gasteiger partial charge on any atom is 0.309 e. The first kappa shape index (κ1) is 24.2. The van der Waals surface area contributed by atoms with E-state index in [0.29, 0.717) is 24.4 Å². The topological polar surface area (TPSA) is 95.6 Å². The van der Waals surface area contributed by atoms with Crippen LogP contribution in [0.5, 0.6) is 0 Å². The van der Waals surface area contributed by atoms with Gasteiger partial charge in [-0.05, 0) is 61.6 Å². The molecule has 1 fully saturated rings. The summed E-state index contributed by atoms with van der Waals surface area (Å²) in [6.45, 7) is 2.86. The van der Waals surface area contributed by atoms with Crippen molar-refractivity contribution in [1.29, 1.82) is 0 Å². The number of rotatable bonds is 7. The van der Waals surface area contributed by atoms with Crippen LogP contribution in [0, 0.1) is 6.92 Å². The fourth-order valence-electron chi connectivity index (χ4n) is 3.82. The molecule has 32 heavy (non-hydrogen) atoms. The van der Waals surface area contributed by atoms with Crippen LogP contribution in [0.4, 0.5) is 0 Å². The highest BCUT2D eigenvalue weighted by Gasteiger charge is 2.33. The summed E-state index contributed by atoms with van der Waals surface area (Å²) in [5.41, 5.74) is 1.98. The van der Waals surface area contributed by atoms with Crippen molar-refractivity contribution < 1.29 is 18.0 Å². The molecule has 3 rings (SSSR count). The van der Waals surface area contributed by atoms with Gasteiger partial charge in [-0.2, -0.15) is 4.31 Å². The molecule has 0 aromatic heterocycles. The second kappa shape index (κ2) is 10.9. The average molecular weight is 478 g/mol. The van der Waals surface area contributed by atoms with E-state index in [2.05, 4.69) is 10.6 Å². The number of sulfonamides is 1. The number of nitrogens with one attached hydrogen (secondary N) is 2. The largest absolute Gasteiger partial charge is 0.348 e. The summed E-state index contributed by atoms with van der Waals surface area (Å²) < 4.78 is 27.7. The van der Waals surface area contributed by atoms with E-state index in [4.69, 9.17) is 11.6 Å². The maximum atomic E-state index is 13.1. The molecule has 1 heterocycles. The van der Waals surface area contributed by atoms with Gasteiger partial charge in [-0.15, -0.1) is 0 Å². The number of hydrogen-bond acceptors (Lipinski definition) is 4. The van der Waals surface area contributed by atoms with Crippen molar-refractivity contribution in [1.82, 2.24) is 14.9 Å². The molecule has 2 aromatic carbocycles. The van der Waals surface area contributed by atoms with Crippen LogP contribution < -0.4 is 10.6 Å². The zero-order valence-corrected chi connectivity index (χ0v) is 19.6. The SMILES string of the molecule is Cc1ccccc1CNC(=O)C(=O)NCC[C@H]1CCCCN1S(=O)(=O)c1ccc(Cl)cc1. The van der Waals surface area contributed by atoms with Crippen LogP contribution in [0.3, 0.4) is 0 Å². The molecule has 1 aliphatic rings. The van der Waals surface area contributed by atoms with Gasteiger partial charge in [-0.1, -0.05) is 42.3 Å². The first-order valence-electron chi connectivity index (χ1n) is 10.7. The minimum absolute atomic E-state index is 0.202. The van der Waals surface area contributed by atoms with Crippen molar-refractivity contribution in [3.63, 3.8) is 0 Å². The third-order valence-electron chi connectivity index (χ3n) is 5.66. The van der Waals surface area contributed by atoms with E-state index >= 15 is 0 Å². The van der Waals surface area contributed by atoms with Gasteiger partial charge in [0.2, 0.25) is 10.0 Å². The van der Waals surface area contributed by atoms with E-state index in [1.807, 2.05) is 31.2 Å². The van der Waals surface area contributed by atoms with Gasteiger partial charge in [0.05, 0.1) is 4.90 Å². The minimum Gasteiger partial charge on any atom is -0.348 e. The van der Waals surface area contributed by atoms with Crippen LogP contribution >= 0.6 is 11.6 Å². The van der Waals surface area contributed by atoms with Crippen molar-refractivity contribution in [2.24, 2.45) is 0 Å². The molecule has 2 amide bonds. The lowest BCUT2D eigenvalue weighted by Crippen LogP contribution is -2.46. The summed E-state index contributed by atoms with van der Waals surface area (Å²) >= 11 is 5.88. The van der Waals surface area contributed by atoms with Gasteiger partial charge < -0.3 is 10.6 Å². The molecule has 7 nitrogen and oxygen atoms in total. The predicted octanol–water partition coefficient (Wildman–Crippen LogP) is 3.01. The highest BCUT2D eigenvalue weighted by Crippen LogP contribution is 2.27. The minimum atomic E-state index is -3.66. The summed E-state index contributed by atoms with van der Waals surface area (Å²) in [6, 6.07) is 13.5. The van der Waals surface area contributed by atoms with E-state index in [9.17, 15) is 18.0 Å². The number of halogens is 1. The van der Waals surface area contributed by atoms with Crippen molar-refractivity contribution in [2.75, 3.05) is 13.1 Å². The lowest BCUT2D eigenvalue weighted by Gasteiger charge is -2.34. The van der Waals surface area contributed by atoms with Crippen molar-refractivity contribution >= 4 is 33.4 Å². The van der Waals surface area contributed by atoms with Crippen LogP contribution in [0.25, 0.3) is 0 Å². The molecule has 0 unspecified atom stereocenters. The van der Waals surface area contributed by atoms with E-state index in [0.717, 1.165) is 24.0 Å². The third-order valence-corrected chi connectivity index (χ3v) is 7.88. The predicted molar refractivity (Wildman–Crippen MR) is 124 cm³/mol. The monoisotopic (exact) mass is 477 g/mol. The highest BCUT2D eigenvalue weighted by atomic mass is 35.5. The van der Waals surface area contributed by atoms with Crippen LogP contribution in [0.1, 0.15) is 36.8 Å². The molecule has 172 valence electrons. The lowest BCUT2D eigenvalue weighted by molar-refractivity contribution is -0.139. The second-order valence-corrected chi connectivity index (χ2v) is 10.2. The van der Waals surface area contributed by atoms with Crippen molar-refractivity contribution in [2.45, 2.75) is 50.1 Å². The zero-order chi connectivity index (χ0) is 23.1. The normalized spacial score (nSPS) is 17.0. The molecule has 1 atom stereocenters. The molecule has 0 aliphatic carbocycles. The number of piperidine rings is 1. The molecule has 2 aromatic rings. The Bertz CT molecular complexity index is 1060. The molecule has 0 saturated carbocycles. The van der Waals surface area contributed by atoms with E-state index < -0.39 is 21.8 Å². The Morgan fingerprint density at radius 3 is 2.44 bits per heavy atom. The Kier molecular flexibility index (Phi) is 8.28. The van der Waals surface area contributed by atoms with Gasteiger partial charge in [-0.25, -0.2) is 8.42 Å². The van der Waals surface area contributed by atoms with Gasteiger partial charge in [0.25, 0.3) is 0 Å². The fourth-order valence-corrected chi connectivity index (χ4v) is 5.67. The highest BCUT2D eigenvalue weighted by molar-refractivity contribution is 7.89. The Hall–Kier alpha value is -2.42. The van der Waals surface area contributed by atoms with Crippen LogP contribution in [-0.2, 0) is 26.2 Å². The summed E-state index contributed by atoms with van der Waals surface area (Å²) in [5, 5.41) is 5.70. The summed E-state index contributed by atoms with van der Waals surface area (Å²) in [7, 11) is -3.66. The average Bonchev–Trinajstić information content (AvgIpc) is 2.79. The van der Waals surface area contributed by atoms with Gasteiger partial charge in [0.1, 0.15) is 0 Å².